The molecular formula is C25H20N4O4S. The summed E-state index contributed by atoms with van der Waals surface area (Å²) in [5.74, 6) is 3.35. The van der Waals surface area contributed by atoms with Crippen molar-refractivity contribution in [2.24, 2.45) is 0 Å². The van der Waals surface area contributed by atoms with E-state index in [0.717, 1.165) is 11.5 Å². The molecule has 170 valence electrons. The van der Waals surface area contributed by atoms with Gasteiger partial charge in [0.25, 0.3) is 0 Å². The Bertz CT molecular complexity index is 1330. The quantitative estimate of drug-likeness (QED) is 0.275. The van der Waals surface area contributed by atoms with Crippen LogP contribution in [0.1, 0.15) is 5.76 Å². The van der Waals surface area contributed by atoms with E-state index in [9.17, 15) is 4.79 Å². The smallest absolute Gasteiger partial charge is 0.234 e. The van der Waals surface area contributed by atoms with Gasteiger partial charge in [0.1, 0.15) is 17.3 Å². The predicted octanol–water partition coefficient (Wildman–Crippen LogP) is 5.70. The minimum Gasteiger partial charge on any atom is -0.467 e. The van der Waals surface area contributed by atoms with Gasteiger partial charge >= 0.3 is 0 Å². The summed E-state index contributed by atoms with van der Waals surface area (Å²) < 4.78 is 18.6. The van der Waals surface area contributed by atoms with E-state index in [2.05, 4.69) is 15.5 Å². The topological polar surface area (TPSA) is 95.3 Å². The van der Waals surface area contributed by atoms with Crippen LogP contribution in [0.2, 0.25) is 0 Å². The second-order valence-electron chi connectivity index (χ2n) is 7.23. The molecule has 0 spiro atoms. The van der Waals surface area contributed by atoms with Crippen molar-refractivity contribution in [3.05, 3.63) is 97.1 Å². The zero-order chi connectivity index (χ0) is 23.2. The highest BCUT2D eigenvalue weighted by Crippen LogP contribution is 2.26. The minimum absolute atomic E-state index is 0.158. The number of furan rings is 2. The molecule has 2 aromatic carbocycles. The Morgan fingerprint density at radius 1 is 0.882 bits per heavy atom. The molecule has 8 nitrogen and oxygen atoms in total. The molecule has 0 aliphatic heterocycles. The van der Waals surface area contributed by atoms with Gasteiger partial charge in [0, 0.05) is 5.69 Å². The molecule has 0 aliphatic carbocycles. The molecule has 1 N–H and O–H groups in total. The van der Waals surface area contributed by atoms with Crippen LogP contribution in [-0.2, 0) is 11.3 Å². The maximum atomic E-state index is 12.6. The van der Waals surface area contributed by atoms with Gasteiger partial charge in [0.2, 0.25) is 11.7 Å². The molecule has 0 radical (unpaired) electrons. The van der Waals surface area contributed by atoms with E-state index in [0.29, 0.717) is 34.7 Å². The fourth-order valence-corrected chi connectivity index (χ4v) is 3.98. The molecule has 0 bridgehead atoms. The Kier molecular flexibility index (Phi) is 6.44. The third kappa shape index (κ3) is 5.21. The first-order valence-electron chi connectivity index (χ1n) is 10.5. The molecule has 34 heavy (non-hydrogen) atoms. The molecule has 0 unspecified atom stereocenters. The summed E-state index contributed by atoms with van der Waals surface area (Å²) in [4.78, 5) is 12.6. The van der Waals surface area contributed by atoms with Gasteiger partial charge in [-0.3, -0.25) is 9.36 Å². The number of rotatable bonds is 9. The number of nitrogens with one attached hydrogen (secondary N) is 1. The van der Waals surface area contributed by atoms with E-state index in [1.807, 2.05) is 65.2 Å². The molecule has 3 heterocycles. The fraction of sp³-hybridized carbons (Fsp3) is 0.0800. The van der Waals surface area contributed by atoms with Crippen molar-refractivity contribution in [3.63, 3.8) is 0 Å². The number of aromatic nitrogens is 3. The highest BCUT2D eigenvalue weighted by molar-refractivity contribution is 7.99. The molecule has 0 saturated carbocycles. The number of amides is 1. The molecule has 0 atom stereocenters. The third-order valence-electron chi connectivity index (χ3n) is 4.80. The van der Waals surface area contributed by atoms with Gasteiger partial charge in [-0.2, -0.15) is 0 Å². The lowest BCUT2D eigenvalue weighted by Gasteiger charge is -2.09. The minimum atomic E-state index is -0.158. The first-order valence-corrected chi connectivity index (χ1v) is 11.5. The van der Waals surface area contributed by atoms with Crippen molar-refractivity contribution < 1.29 is 18.4 Å². The highest BCUT2D eigenvalue weighted by Gasteiger charge is 2.18. The molecule has 0 aliphatic rings. The van der Waals surface area contributed by atoms with Crippen molar-refractivity contribution in [2.75, 3.05) is 11.1 Å². The van der Waals surface area contributed by atoms with E-state index >= 15 is 0 Å². The van der Waals surface area contributed by atoms with E-state index in [4.69, 9.17) is 13.6 Å². The molecule has 5 rings (SSSR count). The summed E-state index contributed by atoms with van der Waals surface area (Å²) in [6, 6.07) is 24.0. The summed E-state index contributed by atoms with van der Waals surface area (Å²) in [5, 5.41) is 12.0. The van der Waals surface area contributed by atoms with Gasteiger partial charge in [-0.1, -0.05) is 30.0 Å². The number of nitrogens with zero attached hydrogens (tertiary/aromatic N) is 3. The molecule has 0 fully saturated rings. The van der Waals surface area contributed by atoms with Crippen LogP contribution in [0.25, 0.3) is 11.6 Å². The van der Waals surface area contributed by atoms with E-state index < -0.39 is 0 Å². The molecule has 1 amide bonds. The van der Waals surface area contributed by atoms with Crippen molar-refractivity contribution in [3.8, 4) is 23.1 Å². The molecule has 0 saturated heterocycles. The summed E-state index contributed by atoms with van der Waals surface area (Å²) >= 11 is 1.29. The molecular weight excluding hydrogens is 452 g/mol. The number of hydrogen-bond acceptors (Lipinski definition) is 7. The number of ether oxygens (including phenoxy) is 1. The number of hydrogen-bond donors (Lipinski definition) is 1. The number of para-hydroxylation sites is 1. The van der Waals surface area contributed by atoms with Crippen molar-refractivity contribution in [1.29, 1.82) is 0 Å². The average Bonchev–Trinajstić information content (AvgIpc) is 3.63. The van der Waals surface area contributed by atoms with Crippen LogP contribution >= 0.6 is 11.8 Å². The largest absolute Gasteiger partial charge is 0.467 e. The van der Waals surface area contributed by atoms with Crippen molar-refractivity contribution in [1.82, 2.24) is 14.8 Å². The first-order chi connectivity index (χ1) is 16.7. The Balaban J connectivity index is 1.22. The van der Waals surface area contributed by atoms with E-state index in [1.54, 1.807) is 30.7 Å². The van der Waals surface area contributed by atoms with Crippen LogP contribution in [-0.4, -0.2) is 26.4 Å². The van der Waals surface area contributed by atoms with Crippen molar-refractivity contribution in [2.45, 2.75) is 11.7 Å². The lowest BCUT2D eigenvalue weighted by molar-refractivity contribution is -0.113. The maximum Gasteiger partial charge on any atom is 0.234 e. The highest BCUT2D eigenvalue weighted by atomic mass is 32.2. The standard InChI is InChI=1S/C25H20N4O4S/c30-23(26-18-10-12-20(13-11-18)33-19-6-2-1-3-7-19)17-34-25-28-27-24(22-9-5-15-32-22)29(25)16-21-8-4-14-31-21/h1-15H,16-17H2,(H,26,30). The SMILES string of the molecule is O=C(CSc1nnc(-c2ccco2)n1Cc1ccco1)Nc1ccc(Oc2ccccc2)cc1. The second-order valence-corrected chi connectivity index (χ2v) is 8.17. The predicted molar refractivity (Wildman–Crippen MR) is 128 cm³/mol. The number of anilines is 1. The fourth-order valence-electron chi connectivity index (χ4n) is 3.24. The van der Waals surface area contributed by atoms with Crippen molar-refractivity contribution >= 4 is 23.4 Å². The Morgan fingerprint density at radius 3 is 2.38 bits per heavy atom. The summed E-state index contributed by atoms with van der Waals surface area (Å²) in [5.41, 5.74) is 0.680. The lowest BCUT2D eigenvalue weighted by atomic mass is 10.3. The van der Waals surface area contributed by atoms with Crippen LogP contribution in [0.4, 0.5) is 5.69 Å². The zero-order valence-corrected chi connectivity index (χ0v) is 18.8. The van der Waals surface area contributed by atoms with Gasteiger partial charge in [-0.25, -0.2) is 0 Å². The van der Waals surface area contributed by atoms with Gasteiger partial charge in [-0.05, 0) is 60.7 Å². The number of carbonyl (C=O) groups is 1. The second kappa shape index (κ2) is 10.1. The van der Waals surface area contributed by atoms with Gasteiger partial charge in [-0.15, -0.1) is 10.2 Å². The van der Waals surface area contributed by atoms with Crippen LogP contribution < -0.4 is 10.1 Å². The maximum absolute atomic E-state index is 12.6. The zero-order valence-electron chi connectivity index (χ0n) is 18.0. The number of carbonyl (C=O) groups excluding carboxylic acids is 1. The van der Waals surface area contributed by atoms with E-state index in [-0.39, 0.29) is 11.7 Å². The van der Waals surface area contributed by atoms with E-state index in [1.165, 1.54) is 11.8 Å². The average molecular weight is 473 g/mol. The van der Waals surface area contributed by atoms with Crippen LogP contribution in [0.5, 0.6) is 11.5 Å². The monoisotopic (exact) mass is 472 g/mol. The summed E-state index contributed by atoms with van der Waals surface area (Å²) in [7, 11) is 0. The van der Waals surface area contributed by atoms with Gasteiger partial charge < -0.3 is 18.9 Å². The van der Waals surface area contributed by atoms with Crippen LogP contribution in [0.3, 0.4) is 0 Å². The summed E-state index contributed by atoms with van der Waals surface area (Å²) in [6.45, 7) is 0.420. The molecule has 3 aromatic heterocycles. The summed E-state index contributed by atoms with van der Waals surface area (Å²) in [6.07, 6.45) is 3.19. The number of thioether (sulfide) groups is 1. The van der Waals surface area contributed by atoms with Crippen LogP contribution in [0.15, 0.2) is 105 Å². The van der Waals surface area contributed by atoms with Gasteiger partial charge in [0.05, 0.1) is 24.8 Å². The molecule has 5 aromatic rings. The Labute approximate surface area is 199 Å². The lowest BCUT2D eigenvalue weighted by Crippen LogP contribution is -2.14. The third-order valence-corrected chi connectivity index (χ3v) is 5.77. The normalized spacial score (nSPS) is 10.8. The van der Waals surface area contributed by atoms with Crippen LogP contribution in [0, 0.1) is 0 Å². The van der Waals surface area contributed by atoms with Gasteiger partial charge in [0.15, 0.2) is 10.9 Å². The Hall–Kier alpha value is -4.24. The first kappa shape index (κ1) is 21.6. The molecule has 9 heteroatoms. The Morgan fingerprint density at radius 2 is 1.65 bits per heavy atom. The number of benzene rings is 2.